The van der Waals surface area contributed by atoms with Gasteiger partial charge < -0.3 is 5.32 Å². The van der Waals surface area contributed by atoms with Gasteiger partial charge in [0.1, 0.15) is 0 Å². The molecule has 0 fully saturated rings. The zero-order valence-corrected chi connectivity index (χ0v) is 12.0. The Hall–Kier alpha value is -1.82. The number of aromatic nitrogens is 2. The van der Waals surface area contributed by atoms with Crippen molar-refractivity contribution >= 4 is 0 Å². The second kappa shape index (κ2) is 6.30. The lowest BCUT2D eigenvalue weighted by Gasteiger charge is -2.19. The molecule has 114 valence electrons. The van der Waals surface area contributed by atoms with E-state index < -0.39 is 11.7 Å². The lowest BCUT2D eigenvalue weighted by Crippen LogP contribution is -2.24. The summed E-state index contributed by atoms with van der Waals surface area (Å²) in [6.45, 7) is 2.33. The Morgan fingerprint density at radius 1 is 1.24 bits per heavy atom. The zero-order chi connectivity index (χ0) is 15.5. The number of nitrogens with one attached hydrogen (secondary N) is 1. The predicted octanol–water partition coefficient (Wildman–Crippen LogP) is 3.33. The van der Waals surface area contributed by atoms with Gasteiger partial charge in [-0.2, -0.15) is 18.3 Å². The Morgan fingerprint density at radius 3 is 2.57 bits per heavy atom. The van der Waals surface area contributed by atoms with Crippen molar-refractivity contribution in [1.82, 2.24) is 15.1 Å². The van der Waals surface area contributed by atoms with E-state index >= 15 is 0 Å². The van der Waals surface area contributed by atoms with Crippen LogP contribution in [0, 0.1) is 0 Å². The van der Waals surface area contributed by atoms with Gasteiger partial charge in [-0.05, 0) is 24.6 Å². The third-order valence-electron chi connectivity index (χ3n) is 3.49. The molecule has 1 atom stereocenters. The molecule has 0 radical (unpaired) electrons. The third-order valence-corrected chi connectivity index (χ3v) is 3.49. The molecule has 1 heterocycles. The molecule has 0 saturated carbocycles. The largest absolute Gasteiger partial charge is 0.416 e. The molecule has 0 bridgehead atoms. The molecule has 1 aromatic carbocycles. The maximum atomic E-state index is 13.0. The number of hydrogen-bond donors (Lipinski definition) is 1. The molecule has 1 unspecified atom stereocenters. The highest BCUT2D eigenvalue weighted by molar-refractivity contribution is 5.32. The molecule has 0 aliphatic carbocycles. The van der Waals surface area contributed by atoms with E-state index in [2.05, 4.69) is 10.4 Å². The first-order valence-corrected chi connectivity index (χ1v) is 6.76. The summed E-state index contributed by atoms with van der Waals surface area (Å²) in [6.07, 6.45) is -1.90. The van der Waals surface area contributed by atoms with Crippen molar-refractivity contribution in [3.63, 3.8) is 0 Å². The standard InChI is InChI=1S/C15H18F3N3/c1-11(19-9-7-12-8-10-20-21(12)2)13-5-3-4-6-14(13)15(16,17)18/h3-6,8,10-11,19H,7,9H2,1-2H3. The van der Waals surface area contributed by atoms with Crippen molar-refractivity contribution in [3.8, 4) is 0 Å². The summed E-state index contributed by atoms with van der Waals surface area (Å²) in [6, 6.07) is 7.21. The van der Waals surface area contributed by atoms with Crippen LogP contribution < -0.4 is 5.32 Å². The van der Waals surface area contributed by atoms with Crippen LogP contribution in [0.2, 0.25) is 0 Å². The molecule has 0 spiro atoms. The Labute approximate surface area is 121 Å². The number of nitrogens with zero attached hydrogens (tertiary/aromatic N) is 2. The van der Waals surface area contributed by atoms with Gasteiger partial charge in [0.2, 0.25) is 0 Å². The molecule has 2 rings (SSSR count). The van der Waals surface area contributed by atoms with E-state index in [0.717, 1.165) is 18.2 Å². The molecule has 0 aliphatic heterocycles. The van der Waals surface area contributed by atoms with E-state index in [1.165, 1.54) is 12.1 Å². The van der Waals surface area contributed by atoms with E-state index in [9.17, 15) is 13.2 Å². The van der Waals surface area contributed by atoms with Crippen molar-refractivity contribution in [2.24, 2.45) is 7.05 Å². The Balaban J connectivity index is 2.01. The van der Waals surface area contributed by atoms with Crippen LogP contribution in [0.25, 0.3) is 0 Å². The molecule has 0 aliphatic rings. The monoisotopic (exact) mass is 297 g/mol. The Bertz CT molecular complexity index is 590. The van der Waals surface area contributed by atoms with Gasteiger partial charge in [0.15, 0.2) is 0 Å². The fourth-order valence-corrected chi connectivity index (χ4v) is 2.31. The summed E-state index contributed by atoms with van der Waals surface area (Å²) in [7, 11) is 1.84. The van der Waals surface area contributed by atoms with Crippen LogP contribution in [0.15, 0.2) is 36.5 Å². The van der Waals surface area contributed by atoms with E-state index in [4.69, 9.17) is 0 Å². The number of hydrogen-bond acceptors (Lipinski definition) is 2. The van der Waals surface area contributed by atoms with Gasteiger partial charge in [0.25, 0.3) is 0 Å². The third kappa shape index (κ3) is 3.85. The predicted molar refractivity (Wildman–Crippen MR) is 74.8 cm³/mol. The summed E-state index contributed by atoms with van der Waals surface area (Å²) in [5.41, 5.74) is 0.736. The normalized spacial score (nSPS) is 13.4. The molecule has 1 aromatic heterocycles. The first kappa shape index (κ1) is 15.6. The Kier molecular flexibility index (Phi) is 4.67. The maximum Gasteiger partial charge on any atom is 0.416 e. The van der Waals surface area contributed by atoms with Crippen molar-refractivity contribution in [1.29, 1.82) is 0 Å². The number of alkyl halides is 3. The van der Waals surface area contributed by atoms with Gasteiger partial charge in [0.05, 0.1) is 5.56 Å². The number of benzene rings is 1. The fourth-order valence-electron chi connectivity index (χ4n) is 2.31. The Morgan fingerprint density at radius 2 is 1.95 bits per heavy atom. The second-order valence-electron chi connectivity index (χ2n) is 4.96. The topological polar surface area (TPSA) is 29.9 Å². The van der Waals surface area contributed by atoms with Gasteiger partial charge in [-0.25, -0.2) is 0 Å². The molecule has 21 heavy (non-hydrogen) atoms. The molecule has 1 N–H and O–H groups in total. The zero-order valence-electron chi connectivity index (χ0n) is 12.0. The van der Waals surface area contributed by atoms with E-state index in [1.54, 1.807) is 23.9 Å². The van der Waals surface area contributed by atoms with Crippen LogP contribution in [-0.2, 0) is 19.6 Å². The SMILES string of the molecule is CC(NCCc1ccnn1C)c1ccccc1C(F)(F)F. The molecule has 3 nitrogen and oxygen atoms in total. The van der Waals surface area contributed by atoms with Gasteiger partial charge in [0, 0.05) is 37.9 Å². The average Bonchev–Trinajstić information content (AvgIpc) is 2.83. The first-order chi connectivity index (χ1) is 9.89. The molecular weight excluding hydrogens is 279 g/mol. The van der Waals surface area contributed by atoms with Gasteiger partial charge in [-0.15, -0.1) is 0 Å². The van der Waals surface area contributed by atoms with Crippen molar-refractivity contribution in [2.75, 3.05) is 6.54 Å². The molecule has 0 amide bonds. The highest BCUT2D eigenvalue weighted by Crippen LogP contribution is 2.34. The van der Waals surface area contributed by atoms with Gasteiger partial charge >= 0.3 is 6.18 Å². The number of halogens is 3. The molecule has 2 aromatic rings. The van der Waals surface area contributed by atoms with Crippen LogP contribution in [0.4, 0.5) is 13.2 Å². The number of rotatable bonds is 5. The van der Waals surface area contributed by atoms with Crippen LogP contribution >= 0.6 is 0 Å². The minimum absolute atomic E-state index is 0.273. The van der Waals surface area contributed by atoms with Crippen LogP contribution in [-0.4, -0.2) is 16.3 Å². The molecule has 0 saturated heterocycles. The summed E-state index contributed by atoms with van der Waals surface area (Å²) in [5, 5.41) is 7.19. The lowest BCUT2D eigenvalue weighted by atomic mass is 10.0. The summed E-state index contributed by atoms with van der Waals surface area (Å²) in [4.78, 5) is 0. The highest BCUT2D eigenvalue weighted by atomic mass is 19.4. The van der Waals surface area contributed by atoms with Crippen LogP contribution in [0.1, 0.15) is 29.8 Å². The van der Waals surface area contributed by atoms with Gasteiger partial charge in [-0.3, -0.25) is 4.68 Å². The lowest BCUT2D eigenvalue weighted by molar-refractivity contribution is -0.138. The average molecular weight is 297 g/mol. The van der Waals surface area contributed by atoms with Gasteiger partial charge in [-0.1, -0.05) is 18.2 Å². The maximum absolute atomic E-state index is 13.0. The summed E-state index contributed by atoms with van der Waals surface area (Å²) >= 11 is 0. The summed E-state index contributed by atoms with van der Waals surface area (Å²) < 4.78 is 40.7. The minimum atomic E-state index is -4.32. The van der Waals surface area contributed by atoms with E-state index in [1.807, 2.05) is 13.1 Å². The molecule has 6 heteroatoms. The van der Waals surface area contributed by atoms with Crippen molar-refractivity contribution in [2.45, 2.75) is 25.6 Å². The smallest absolute Gasteiger partial charge is 0.310 e. The quantitative estimate of drug-likeness (QED) is 0.917. The van der Waals surface area contributed by atoms with E-state index in [-0.39, 0.29) is 11.6 Å². The van der Waals surface area contributed by atoms with E-state index in [0.29, 0.717) is 6.54 Å². The minimum Gasteiger partial charge on any atom is -0.310 e. The molecular formula is C15H18F3N3. The first-order valence-electron chi connectivity index (χ1n) is 6.76. The highest BCUT2D eigenvalue weighted by Gasteiger charge is 2.33. The van der Waals surface area contributed by atoms with Crippen molar-refractivity contribution < 1.29 is 13.2 Å². The number of aryl methyl sites for hydroxylation is 1. The van der Waals surface area contributed by atoms with Crippen LogP contribution in [0.3, 0.4) is 0 Å². The second-order valence-corrected chi connectivity index (χ2v) is 4.96. The fraction of sp³-hybridized carbons (Fsp3) is 0.400. The summed E-state index contributed by atoms with van der Waals surface area (Å²) in [5.74, 6) is 0. The van der Waals surface area contributed by atoms with Crippen molar-refractivity contribution in [3.05, 3.63) is 53.3 Å². The van der Waals surface area contributed by atoms with Crippen LogP contribution in [0.5, 0.6) is 0 Å².